The van der Waals surface area contributed by atoms with Gasteiger partial charge >= 0.3 is 0 Å². The van der Waals surface area contributed by atoms with Crippen molar-refractivity contribution in [1.82, 2.24) is 19.7 Å². The number of amides is 1. The van der Waals surface area contributed by atoms with Crippen LogP contribution < -0.4 is 20.5 Å². The molecular weight excluding hydrogens is 478 g/mol. The number of aromatic nitrogens is 3. The molecule has 0 unspecified atom stereocenters. The SMILES string of the molecule is C=C(/C=C\C(NC(=O)Cc1cn2c(-c3cc(OC)c(OC)cc3Cl)nccc2n1)=C(\N)C(C)C)CC. The minimum absolute atomic E-state index is 0.0538. The second-order valence-corrected chi connectivity index (χ2v) is 8.92. The number of hydrogen-bond donors (Lipinski definition) is 2. The molecule has 3 rings (SSSR count). The molecule has 0 radical (unpaired) electrons. The number of nitrogens with one attached hydrogen (secondary N) is 1. The molecule has 36 heavy (non-hydrogen) atoms. The topological polar surface area (TPSA) is 104 Å². The highest BCUT2D eigenvalue weighted by atomic mass is 35.5. The van der Waals surface area contributed by atoms with Crippen LogP contribution >= 0.6 is 11.6 Å². The Labute approximate surface area is 216 Å². The lowest BCUT2D eigenvalue weighted by Gasteiger charge is -2.13. The molecule has 2 aromatic heterocycles. The van der Waals surface area contributed by atoms with Crippen LogP contribution in [0.15, 0.2) is 66.3 Å². The van der Waals surface area contributed by atoms with Gasteiger partial charge in [-0.3, -0.25) is 9.20 Å². The Morgan fingerprint density at radius 3 is 2.58 bits per heavy atom. The number of carbonyl (C=O) groups excluding carboxylic acids is 1. The lowest BCUT2D eigenvalue weighted by atomic mass is 10.1. The number of hydrogen-bond acceptors (Lipinski definition) is 6. The minimum Gasteiger partial charge on any atom is -0.493 e. The van der Waals surface area contributed by atoms with Crippen LogP contribution in [0.25, 0.3) is 17.0 Å². The van der Waals surface area contributed by atoms with E-state index in [0.717, 1.165) is 12.0 Å². The Kier molecular flexibility index (Phi) is 8.77. The van der Waals surface area contributed by atoms with Crippen LogP contribution in [0.5, 0.6) is 11.5 Å². The Morgan fingerprint density at radius 1 is 1.25 bits per heavy atom. The number of imidazole rings is 1. The van der Waals surface area contributed by atoms with E-state index < -0.39 is 0 Å². The Balaban J connectivity index is 1.92. The van der Waals surface area contributed by atoms with Gasteiger partial charge in [-0.25, -0.2) is 9.97 Å². The number of ether oxygens (including phenoxy) is 2. The van der Waals surface area contributed by atoms with Crippen LogP contribution in [0.4, 0.5) is 0 Å². The second kappa shape index (κ2) is 11.8. The molecule has 0 fully saturated rings. The molecular formula is C27H32ClN5O3. The predicted molar refractivity (Wildman–Crippen MR) is 143 cm³/mol. The van der Waals surface area contributed by atoms with E-state index in [1.165, 1.54) is 0 Å². The summed E-state index contributed by atoms with van der Waals surface area (Å²) in [5.74, 6) is 1.43. The van der Waals surface area contributed by atoms with Crippen LogP contribution in [-0.2, 0) is 11.2 Å². The molecule has 3 N–H and O–H groups in total. The maximum Gasteiger partial charge on any atom is 0.230 e. The van der Waals surface area contributed by atoms with Gasteiger partial charge in [-0.15, -0.1) is 0 Å². The number of carbonyl (C=O) groups is 1. The summed E-state index contributed by atoms with van der Waals surface area (Å²) in [6.45, 7) is 9.93. The molecule has 0 aliphatic carbocycles. The molecule has 9 heteroatoms. The van der Waals surface area contributed by atoms with Gasteiger partial charge in [0.25, 0.3) is 0 Å². The summed E-state index contributed by atoms with van der Waals surface area (Å²) in [5, 5.41) is 3.37. The third-order valence-electron chi connectivity index (χ3n) is 5.63. The summed E-state index contributed by atoms with van der Waals surface area (Å²) in [7, 11) is 3.10. The number of nitrogens with two attached hydrogens (primary N) is 1. The van der Waals surface area contributed by atoms with Crippen LogP contribution in [-0.4, -0.2) is 34.5 Å². The monoisotopic (exact) mass is 509 g/mol. The summed E-state index contributed by atoms with van der Waals surface area (Å²) in [5.41, 5.74) is 10.2. The van der Waals surface area contributed by atoms with Crippen LogP contribution in [0, 0.1) is 5.92 Å². The molecule has 8 nitrogen and oxygen atoms in total. The molecule has 0 spiro atoms. The Morgan fingerprint density at radius 2 is 1.94 bits per heavy atom. The fraction of sp³-hybridized carbons (Fsp3) is 0.296. The molecule has 2 heterocycles. The van der Waals surface area contributed by atoms with E-state index in [-0.39, 0.29) is 18.2 Å². The first kappa shape index (κ1) is 26.8. The maximum atomic E-state index is 12.9. The van der Waals surface area contributed by atoms with Gasteiger partial charge < -0.3 is 20.5 Å². The molecule has 0 bridgehead atoms. The van der Waals surface area contributed by atoms with Gasteiger partial charge in [0, 0.05) is 29.7 Å². The van der Waals surface area contributed by atoms with E-state index in [1.807, 2.05) is 26.8 Å². The van der Waals surface area contributed by atoms with E-state index in [4.69, 9.17) is 26.8 Å². The number of halogens is 1. The van der Waals surface area contributed by atoms with E-state index >= 15 is 0 Å². The summed E-state index contributed by atoms with van der Waals surface area (Å²) in [6, 6.07) is 5.20. The predicted octanol–water partition coefficient (Wildman–Crippen LogP) is 5.07. The summed E-state index contributed by atoms with van der Waals surface area (Å²) in [4.78, 5) is 22.0. The van der Waals surface area contributed by atoms with Crippen LogP contribution in [0.2, 0.25) is 5.02 Å². The van der Waals surface area contributed by atoms with Gasteiger partial charge in [0.2, 0.25) is 5.91 Å². The molecule has 0 saturated heterocycles. The van der Waals surface area contributed by atoms with E-state index in [0.29, 0.717) is 50.6 Å². The van der Waals surface area contributed by atoms with E-state index in [9.17, 15) is 4.79 Å². The fourth-order valence-electron chi connectivity index (χ4n) is 3.48. The fourth-order valence-corrected chi connectivity index (χ4v) is 3.72. The second-order valence-electron chi connectivity index (χ2n) is 8.51. The zero-order valence-electron chi connectivity index (χ0n) is 21.3. The number of fused-ring (bicyclic) bond motifs is 1. The zero-order valence-corrected chi connectivity index (χ0v) is 22.0. The Bertz CT molecular complexity index is 1340. The quantitative estimate of drug-likeness (QED) is 0.369. The van der Waals surface area contributed by atoms with Crippen molar-refractivity contribution in [3.05, 3.63) is 77.0 Å². The van der Waals surface area contributed by atoms with Gasteiger partial charge in [-0.2, -0.15) is 0 Å². The normalized spacial score (nSPS) is 12.2. The summed E-state index contributed by atoms with van der Waals surface area (Å²) < 4.78 is 12.5. The number of rotatable bonds is 10. The largest absolute Gasteiger partial charge is 0.493 e. The summed E-state index contributed by atoms with van der Waals surface area (Å²) in [6.07, 6.45) is 7.93. The van der Waals surface area contributed by atoms with E-state index in [1.54, 1.807) is 55.3 Å². The molecule has 0 saturated carbocycles. The number of methoxy groups -OCH3 is 2. The summed E-state index contributed by atoms with van der Waals surface area (Å²) >= 11 is 6.53. The lowest BCUT2D eigenvalue weighted by Crippen LogP contribution is -2.27. The zero-order chi connectivity index (χ0) is 26.4. The number of nitrogens with zero attached hydrogens (tertiary/aromatic N) is 3. The van der Waals surface area contributed by atoms with Gasteiger partial charge in [0.15, 0.2) is 11.5 Å². The van der Waals surface area contributed by atoms with Gasteiger partial charge in [-0.1, -0.05) is 50.6 Å². The van der Waals surface area contributed by atoms with Crippen molar-refractivity contribution in [2.24, 2.45) is 11.7 Å². The molecule has 1 amide bonds. The molecule has 0 atom stereocenters. The van der Waals surface area contributed by atoms with Gasteiger partial charge in [0.05, 0.1) is 37.1 Å². The van der Waals surface area contributed by atoms with Crippen LogP contribution in [0.1, 0.15) is 32.9 Å². The highest BCUT2D eigenvalue weighted by molar-refractivity contribution is 6.33. The van der Waals surface area contributed by atoms with Crippen molar-refractivity contribution < 1.29 is 14.3 Å². The first-order chi connectivity index (χ1) is 17.2. The van der Waals surface area contributed by atoms with Crippen molar-refractivity contribution in [1.29, 1.82) is 0 Å². The third kappa shape index (κ3) is 6.07. The van der Waals surface area contributed by atoms with Crippen LogP contribution in [0.3, 0.4) is 0 Å². The number of allylic oxidation sites excluding steroid dienone is 4. The van der Waals surface area contributed by atoms with Crippen molar-refractivity contribution in [2.75, 3.05) is 14.2 Å². The van der Waals surface area contributed by atoms with Gasteiger partial charge in [-0.05, 0) is 30.5 Å². The number of benzene rings is 1. The average Bonchev–Trinajstić information content (AvgIpc) is 3.27. The average molecular weight is 510 g/mol. The van der Waals surface area contributed by atoms with Gasteiger partial charge in [0.1, 0.15) is 11.5 Å². The molecule has 190 valence electrons. The minimum atomic E-state index is -0.234. The lowest BCUT2D eigenvalue weighted by molar-refractivity contribution is -0.119. The van der Waals surface area contributed by atoms with Crippen molar-refractivity contribution >= 4 is 23.2 Å². The van der Waals surface area contributed by atoms with Crippen molar-refractivity contribution in [2.45, 2.75) is 33.6 Å². The Hall–Kier alpha value is -3.78. The first-order valence-electron chi connectivity index (χ1n) is 11.6. The standard InChI is InChI=1S/C27H32ClN5O3/c1-7-17(4)8-9-21(26(29)16(2)3)32-25(34)12-18-15-33-24(31-18)10-11-30-27(33)19-13-22(35-5)23(36-6)14-20(19)28/h8-11,13-16H,4,7,12,29H2,1-3,5-6H3,(H,32,34)/b9-8-,26-21-. The maximum absolute atomic E-state index is 12.9. The van der Waals surface area contributed by atoms with Crippen molar-refractivity contribution in [3.8, 4) is 22.9 Å². The van der Waals surface area contributed by atoms with Crippen molar-refractivity contribution in [3.63, 3.8) is 0 Å². The molecule has 0 aliphatic rings. The van der Waals surface area contributed by atoms with E-state index in [2.05, 4.69) is 21.9 Å². The first-order valence-corrected chi connectivity index (χ1v) is 12.0. The highest BCUT2D eigenvalue weighted by Gasteiger charge is 2.17. The third-order valence-corrected chi connectivity index (χ3v) is 5.95. The molecule has 0 aliphatic heterocycles. The molecule has 1 aromatic carbocycles. The molecule has 3 aromatic rings. The smallest absolute Gasteiger partial charge is 0.230 e. The highest BCUT2D eigenvalue weighted by Crippen LogP contribution is 2.37.